The highest BCUT2D eigenvalue weighted by Gasteiger charge is 2.21. The van der Waals surface area contributed by atoms with Gasteiger partial charge in [-0.05, 0) is 31.2 Å². The molecule has 4 heterocycles. The molecule has 11 nitrogen and oxygen atoms in total. The summed E-state index contributed by atoms with van der Waals surface area (Å²) in [5.74, 6) is 0.480. The number of nitrogens with zero attached hydrogens (tertiary/aromatic N) is 6. The molecular formula is C21H16ClN9O2. The van der Waals surface area contributed by atoms with Crippen LogP contribution in [0.4, 0.5) is 11.8 Å². The molecule has 0 saturated carbocycles. The Morgan fingerprint density at radius 2 is 1.97 bits per heavy atom. The molecule has 0 radical (unpaired) electrons. The Balaban J connectivity index is 1.73. The average Bonchev–Trinajstić information content (AvgIpc) is 2.79. The SMILES string of the molecule is CC(Nc1nc(N)nc2[nH]cnc(=O)c12)c1nc2cccc(Cl)c2c(=O)n1-c1cccnc1. The van der Waals surface area contributed by atoms with Crippen LogP contribution in [0, 0.1) is 0 Å². The minimum absolute atomic E-state index is 0.0399. The van der Waals surface area contributed by atoms with Crippen LogP contribution in [-0.2, 0) is 0 Å². The summed E-state index contributed by atoms with van der Waals surface area (Å²) in [5.41, 5.74) is 6.12. The fraction of sp³-hybridized carbons (Fsp3) is 0.0952. The van der Waals surface area contributed by atoms with Crippen LogP contribution in [0.3, 0.4) is 0 Å². The first-order chi connectivity index (χ1) is 15.9. The third-order valence-electron chi connectivity index (χ3n) is 5.04. The molecule has 1 atom stereocenters. The number of H-pyrrole nitrogens is 1. The van der Waals surface area contributed by atoms with Gasteiger partial charge < -0.3 is 16.0 Å². The number of pyridine rings is 1. The van der Waals surface area contributed by atoms with E-state index in [-0.39, 0.29) is 33.7 Å². The van der Waals surface area contributed by atoms with Crippen LogP contribution in [0.1, 0.15) is 18.8 Å². The van der Waals surface area contributed by atoms with Crippen molar-refractivity contribution < 1.29 is 0 Å². The normalized spacial score (nSPS) is 12.2. The second-order valence-electron chi connectivity index (χ2n) is 7.18. The molecule has 1 aromatic carbocycles. The molecule has 0 saturated heterocycles. The van der Waals surface area contributed by atoms with Crippen molar-refractivity contribution in [2.45, 2.75) is 13.0 Å². The van der Waals surface area contributed by atoms with E-state index in [2.05, 4.69) is 30.2 Å². The van der Waals surface area contributed by atoms with E-state index in [0.717, 1.165) is 0 Å². The maximum atomic E-state index is 13.5. The van der Waals surface area contributed by atoms with Crippen molar-refractivity contribution in [3.63, 3.8) is 0 Å². The zero-order valence-corrected chi connectivity index (χ0v) is 17.9. The Morgan fingerprint density at radius 1 is 1.12 bits per heavy atom. The van der Waals surface area contributed by atoms with Gasteiger partial charge in [0.15, 0.2) is 5.65 Å². The topological polar surface area (TPSA) is 157 Å². The van der Waals surface area contributed by atoms with Gasteiger partial charge in [-0.15, -0.1) is 0 Å². The summed E-state index contributed by atoms with van der Waals surface area (Å²) in [6, 6.07) is 7.91. The van der Waals surface area contributed by atoms with E-state index in [4.69, 9.17) is 22.3 Å². The molecule has 0 bridgehead atoms. The maximum absolute atomic E-state index is 13.5. The standard InChI is InChI=1S/C21H16ClN9O2/c1-10(27-17-15-16(29-21(23)30-17)25-9-26-19(15)32)18-28-13-6-2-5-12(22)14(13)20(33)31(18)11-4-3-7-24-8-11/h2-10H,1H3,(H4,23,25,26,27,29,30,32). The number of nitrogen functional groups attached to an aromatic ring is 1. The number of hydrogen-bond acceptors (Lipinski definition) is 9. The van der Waals surface area contributed by atoms with Crippen LogP contribution < -0.4 is 22.2 Å². The van der Waals surface area contributed by atoms with Crippen LogP contribution in [0.2, 0.25) is 5.02 Å². The molecule has 12 heteroatoms. The summed E-state index contributed by atoms with van der Waals surface area (Å²) in [5, 5.41) is 3.85. The van der Waals surface area contributed by atoms with Gasteiger partial charge in [0.05, 0.1) is 40.2 Å². The van der Waals surface area contributed by atoms with Gasteiger partial charge in [-0.3, -0.25) is 19.1 Å². The number of aromatic amines is 1. The number of nitrogens with one attached hydrogen (secondary N) is 2. The Labute approximate surface area is 190 Å². The van der Waals surface area contributed by atoms with Gasteiger partial charge in [0.2, 0.25) is 5.95 Å². The lowest BCUT2D eigenvalue weighted by Crippen LogP contribution is -2.28. The van der Waals surface area contributed by atoms with Gasteiger partial charge in [0, 0.05) is 6.20 Å². The molecule has 5 aromatic rings. The fourth-order valence-electron chi connectivity index (χ4n) is 3.61. The largest absolute Gasteiger partial charge is 0.368 e. The Bertz CT molecular complexity index is 1630. The average molecular weight is 462 g/mol. The van der Waals surface area contributed by atoms with Crippen molar-refractivity contribution >= 4 is 45.3 Å². The zero-order valence-electron chi connectivity index (χ0n) is 17.2. The zero-order chi connectivity index (χ0) is 23.1. The van der Waals surface area contributed by atoms with Crippen LogP contribution in [0.5, 0.6) is 0 Å². The van der Waals surface area contributed by atoms with Crippen molar-refractivity contribution in [1.82, 2.24) is 34.5 Å². The summed E-state index contributed by atoms with van der Waals surface area (Å²) in [6.45, 7) is 1.78. The third kappa shape index (κ3) is 3.53. The first kappa shape index (κ1) is 20.5. The molecule has 1 unspecified atom stereocenters. The van der Waals surface area contributed by atoms with E-state index in [9.17, 15) is 9.59 Å². The highest BCUT2D eigenvalue weighted by Crippen LogP contribution is 2.25. The fourth-order valence-corrected chi connectivity index (χ4v) is 3.86. The summed E-state index contributed by atoms with van der Waals surface area (Å²) < 4.78 is 1.42. The molecule has 33 heavy (non-hydrogen) atoms. The number of hydrogen-bond donors (Lipinski definition) is 3. The molecule has 0 aliphatic carbocycles. The minimum Gasteiger partial charge on any atom is -0.368 e. The van der Waals surface area contributed by atoms with Crippen LogP contribution in [0.15, 0.2) is 58.6 Å². The number of fused-ring (bicyclic) bond motifs is 2. The first-order valence-corrected chi connectivity index (χ1v) is 10.2. The van der Waals surface area contributed by atoms with Gasteiger partial charge in [-0.1, -0.05) is 17.7 Å². The van der Waals surface area contributed by atoms with E-state index in [1.165, 1.54) is 10.9 Å². The summed E-state index contributed by atoms with van der Waals surface area (Å²) >= 11 is 6.32. The minimum atomic E-state index is -0.599. The van der Waals surface area contributed by atoms with Crippen LogP contribution in [0.25, 0.3) is 27.6 Å². The molecule has 4 aromatic heterocycles. The van der Waals surface area contributed by atoms with Crippen LogP contribution >= 0.6 is 11.6 Å². The lowest BCUT2D eigenvalue weighted by molar-refractivity contribution is 0.730. The molecule has 4 N–H and O–H groups in total. The molecule has 0 aliphatic heterocycles. The molecule has 0 amide bonds. The van der Waals surface area contributed by atoms with E-state index < -0.39 is 11.6 Å². The van der Waals surface area contributed by atoms with Gasteiger partial charge in [-0.2, -0.15) is 15.0 Å². The Kier molecular flexibility index (Phi) is 4.94. The van der Waals surface area contributed by atoms with Crippen molar-refractivity contribution in [2.75, 3.05) is 11.1 Å². The predicted molar refractivity (Wildman–Crippen MR) is 125 cm³/mol. The second-order valence-corrected chi connectivity index (χ2v) is 7.59. The second kappa shape index (κ2) is 7.95. The molecule has 0 fully saturated rings. The summed E-state index contributed by atoms with van der Waals surface area (Å²) in [6.07, 6.45) is 4.39. The van der Waals surface area contributed by atoms with E-state index in [0.29, 0.717) is 22.1 Å². The number of benzene rings is 1. The Morgan fingerprint density at radius 3 is 2.76 bits per heavy atom. The van der Waals surface area contributed by atoms with Gasteiger partial charge in [0.1, 0.15) is 17.0 Å². The number of halogens is 1. The van der Waals surface area contributed by atoms with Gasteiger partial charge in [0.25, 0.3) is 11.1 Å². The molecule has 0 spiro atoms. The lowest BCUT2D eigenvalue weighted by Gasteiger charge is -2.20. The number of anilines is 2. The van der Waals surface area contributed by atoms with Gasteiger partial charge in [-0.25, -0.2) is 4.98 Å². The van der Waals surface area contributed by atoms with Crippen LogP contribution in [-0.4, -0.2) is 34.5 Å². The molecule has 5 rings (SSSR count). The highest BCUT2D eigenvalue weighted by molar-refractivity contribution is 6.35. The number of nitrogens with two attached hydrogens (primary N) is 1. The summed E-state index contributed by atoms with van der Waals surface area (Å²) in [7, 11) is 0. The van der Waals surface area contributed by atoms with E-state index in [1.54, 1.807) is 49.6 Å². The maximum Gasteiger partial charge on any atom is 0.285 e. The van der Waals surface area contributed by atoms with E-state index in [1.807, 2.05) is 0 Å². The third-order valence-corrected chi connectivity index (χ3v) is 5.36. The van der Waals surface area contributed by atoms with Crippen molar-refractivity contribution in [2.24, 2.45) is 0 Å². The summed E-state index contributed by atoms with van der Waals surface area (Å²) in [4.78, 5) is 49.5. The van der Waals surface area contributed by atoms with Gasteiger partial charge >= 0.3 is 0 Å². The number of rotatable bonds is 4. The molecule has 164 valence electrons. The van der Waals surface area contributed by atoms with Crippen molar-refractivity contribution in [1.29, 1.82) is 0 Å². The predicted octanol–water partition coefficient (Wildman–Crippen LogP) is 2.22. The highest BCUT2D eigenvalue weighted by atomic mass is 35.5. The van der Waals surface area contributed by atoms with Crippen molar-refractivity contribution in [3.8, 4) is 5.69 Å². The quantitative estimate of drug-likeness (QED) is 0.365. The first-order valence-electron chi connectivity index (χ1n) is 9.83. The van der Waals surface area contributed by atoms with E-state index >= 15 is 0 Å². The Hall–Kier alpha value is -4.38. The van der Waals surface area contributed by atoms with Crippen molar-refractivity contribution in [3.05, 3.63) is 80.6 Å². The molecular weight excluding hydrogens is 446 g/mol. The monoisotopic (exact) mass is 461 g/mol. The molecule has 0 aliphatic rings. The smallest absolute Gasteiger partial charge is 0.285 e. The lowest BCUT2D eigenvalue weighted by atomic mass is 10.2. The number of aromatic nitrogens is 7.